The normalized spacial score (nSPS) is 19.9. The molecule has 0 aromatic heterocycles. The number of aliphatic hydroxyl groups is 1. The summed E-state index contributed by atoms with van der Waals surface area (Å²) in [6.07, 6.45) is 5.19. The number of carbonyl (C=O) groups is 1. The molecular weight excluding hydrogens is 332 g/mol. The van der Waals surface area contributed by atoms with Crippen LogP contribution in [0.15, 0.2) is 18.2 Å². The van der Waals surface area contributed by atoms with Crippen LogP contribution >= 0.6 is 0 Å². The summed E-state index contributed by atoms with van der Waals surface area (Å²) < 4.78 is 11.2. The molecule has 2 unspecified atom stereocenters. The van der Waals surface area contributed by atoms with Crippen LogP contribution in [0.3, 0.4) is 0 Å². The lowest BCUT2D eigenvalue weighted by molar-refractivity contribution is 0.0955. The number of ether oxygens (including phenoxy) is 2. The Morgan fingerprint density at radius 1 is 1.27 bits per heavy atom. The van der Waals surface area contributed by atoms with E-state index in [2.05, 4.69) is 24.5 Å². The monoisotopic (exact) mass is 364 g/mol. The number of rotatable bonds is 8. The van der Waals surface area contributed by atoms with Crippen molar-refractivity contribution >= 4 is 11.7 Å². The molecule has 3 N–H and O–H groups in total. The third kappa shape index (κ3) is 6.41. The van der Waals surface area contributed by atoms with Crippen molar-refractivity contribution in [1.29, 1.82) is 0 Å². The van der Waals surface area contributed by atoms with Crippen LogP contribution in [-0.2, 0) is 0 Å². The van der Waals surface area contributed by atoms with Gasteiger partial charge >= 0.3 is 6.03 Å². The molecule has 146 valence electrons. The zero-order chi connectivity index (χ0) is 18.9. The van der Waals surface area contributed by atoms with E-state index in [1.807, 2.05) is 0 Å². The molecule has 26 heavy (non-hydrogen) atoms. The summed E-state index contributed by atoms with van der Waals surface area (Å²) in [7, 11) is 1.60. The standard InChI is InChI=1S/C20H32N2O4/c1-14(2)7-6-12-26-19-13-15(10-11-18(19)25-3)21-20(24)22-16-8-4-5-9-17(16)23/h10-11,13-14,16-17,23H,4-9,12H2,1-3H3,(H2,21,22,24). The van der Waals surface area contributed by atoms with Crippen molar-refractivity contribution < 1.29 is 19.4 Å². The second kappa shape index (κ2) is 10.3. The maximum Gasteiger partial charge on any atom is 0.319 e. The summed E-state index contributed by atoms with van der Waals surface area (Å²) >= 11 is 0. The number of hydrogen-bond acceptors (Lipinski definition) is 4. The number of methoxy groups -OCH3 is 1. The number of anilines is 1. The van der Waals surface area contributed by atoms with Gasteiger partial charge in [-0.2, -0.15) is 0 Å². The Morgan fingerprint density at radius 3 is 2.73 bits per heavy atom. The molecule has 6 heteroatoms. The van der Waals surface area contributed by atoms with Crippen molar-refractivity contribution in [2.24, 2.45) is 5.92 Å². The zero-order valence-electron chi connectivity index (χ0n) is 16.1. The number of carbonyl (C=O) groups excluding carboxylic acids is 1. The third-order valence-corrected chi connectivity index (χ3v) is 4.65. The first-order chi connectivity index (χ1) is 12.5. The molecule has 0 spiro atoms. The predicted octanol–water partition coefficient (Wildman–Crippen LogP) is 3.94. The van der Waals surface area contributed by atoms with Crippen LogP contribution in [-0.4, -0.2) is 37.0 Å². The highest BCUT2D eigenvalue weighted by atomic mass is 16.5. The molecule has 1 aromatic carbocycles. The van der Waals surface area contributed by atoms with Crippen molar-refractivity contribution in [3.63, 3.8) is 0 Å². The minimum Gasteiger partial charge on any atom is -0.493 e. The second-order valence-corrected chi connectivity index (χ2v) is 7.31. The van der Waals surface area contributed by atoms with Crippen LogP contribution in [0.1, 0.15) is 52.4 Å². The lowest BCUT2D eigenvalue weighted by atomic mass is 9.93. The van der Waals surface area contributed by atoms with Crippen LogP contribution < -0.4 is 20.1 Å². The molecule has 1 aliphatic rings. The highest BCUT2D eigenvalue weighted by Gasteiger charge is 2.24. The average Bonchev–Trinajstić information content (AvgIpc) is 2.61. The maximum absolute atomic E-state index is 12.2. The van der Waals surface area contributed by atoms with Gasteiger partial charge in [0.15, 0.2) is 11.5 Å². The van der Waals surface area contributed by atoms with E-state index < -0.39 is 6.10 Å². The molecule has 2 atom stereocenters. The van der Waals surface area contributed by atoms with E-state index in [1.54, 1.807) is 25.3 Å². The lowest BCUT2D eigenvalue weighted by Crippen LogP contribution is -2.46. The van der Waals surface area contributed by atoms with Gasteiger partial charge in [-0.3, -0.25) is 0 Å². The Hall–Kier alpha value is -1.95. The van der Waals surface area contributed by atoms with E-state index >= 15 is 0 Å². The molecule has 1 aliphatic carbocycles. The Kier molecular flexibility index (Phi) is 8.04. The Morgan fingerprint density at radius 2 is 2.04 bits per heavy atom. The SMILES string of the molecule is COc1ccc(NC(=O)NC2CCCCC2O)cc1OCCCC(C)C. The lowest BCUT2D eigenvalue weighted by Gasteiger charge is -2.28. The molecule has 6 nitrogen and oxygen atoms in total. The van der Waals surface area contributed by atoms with Gasteiger partial charge in [0.05, 0.1) is 25.9 Å². The molecule has 1 aromatic rings. The van der Waals surface area contributed by atoms with E-state index in [0.29, 0.717) is 29.7 Å². The molecule has 1 saturated carbocycles. The molecule has 0 radical (unpaired) electrons. The number of nitrogens with one attached hydrogen (secondary N) is 2. The van der Waals surface area contributed by atoms with Crippen molar-refractivity contribution in [1.82, 2.24) is 5.32 Å². The summed E-state index contributed by atoms with van der Waals surface area (Å²) in [5.74, 6) is 1.90. The zero-order valence-corrected chi connectivity index (χ0v) is 16.1. The summed E-state index contributed by atoms with van der Waals surface area (Å²) in [5.41, 5.74) is 0.632. The highest BCUT2D eigenvalue weighted by molar-refractivity contribution is 5.89. The fourth-order valence-electron chi connectivity index (χ4n) is 3.16. The molecule has 2 rings (SSSR count). The van der Waals surface area contributed by atoms with Crippen molar-refractivity contribution in [3.8, 4) is 11.5 Å². The van der Waals surface area contributed by atoms with Gasteiger partial charge in [-0.05, 0) is 43.7 Å². The van der Waals surface area contributed by atoms with Gasteiger partial charge < -0.3 is 25.2 Å². The van der Waals surface area contributed by atoms with E-state index in [9.17, 15) is 9.90 Å². The number of aliphatic hydroxyl groups excluding tert-OH is 1. The Labute approximate surface area is 156 Å². The van der Waals surface area contributed by atoms with Gasteiger partial charge in [0.2, 0.25) is 0 Å². The van der Waals surface area contributed by atoms with Crippen LogP contribution in [0, 0.1) is 5.92 Å². The van der Waals surface area contributed by atoms with Crippen molar-refractivity contribution in [2.45, 2.75) is 64.5 Å². The first-order valence-corrected chi connectivity index (χ1v) is 9.56. The highest BCUT2D eigenvalue weighted by Crippen LogP contribution is 2.30. The fourth-order valence-corrected chi connectivity index (χ4v) is 3.16. The third-order valence-electron chi connectivity index (χ3n) is 4.65. The molecule has 0 aliphatic heterocycles. The van der Waals surface area contributed by atoms with E-state index in [-0.39, 0.29) is 12.1 Å². The summed E-state index contributed by atoms with van der Waals surface area (Å²) in [5, 5.41) is 15.6. The predicted molar refractivity (Wildman–Crippen MR) is 103 cm³/mol. The van der Waals surface area contributed by atoms with Crippen LogP contribution in [0.2, 0.25) is 0 Å². The first kappa shape index (κ1) is 20.4. The van der Waals surface area contributed by atoms with Gasteiger partial charge in [0.25, 0.3) is 0 Å². The molecular formula is C20H32N2O4. The summed E-state index contributed by atoms with van der Waals surface area (Å²) in [6, 6.07) is 4.82. The topological polar surface area (TPSA) is 79.8 Å². The largest absolute Gasteiger partial charge is 0.493 e. The Balaban J connectivity index is 1.91. The number of benzene rings is 1. The average molecular weight is 364 g/mol. The van der Waals surface area contributed by atoms with Crippen molar-refractivity contribution in [2.75, 3.05) is 19.0 Å². The van der Waals surface area contributed by atoms with E-state index in [4.69, 9.17) is 9.47 Å². The minimum absolute atomic E-state index is 0.186. The number of amides is 2. The van der Waals surface area contributed by atoms with Gasteiger partial charge in [-0.1, -0.05) is 26.7 Å². The molecule has 0 saturated heterocycles. The molecule has 2 amide bonds. The number of urea groups is 1. The quantitative estimate of drug-likeness (QED) is 0.611. The first-order valence-electron chi connectivity index (χ1n) is 9.56. The molecule has 0 heterocycles. The van der Waals surface area contributed by atoms with Gasteiger partial charge in [-0.25, -0.2) is 4.79 Å². The fraction of sp³-hybridized carbons (Fsp3) is 0.650. The van der Waals surface area contributed by atoms with Gasteiger partial charge in [-0.15, -0.1) is 0 Å². The smallest absolute Gasteiger partial charge is 0.319 e. The van der Waals surface area contributed by atoms with Crippen LogP contribution in [0.5, 0.6) is 11.5 Å². The maximum atomic E-state index is 12.2. The van der Waals surface area contributed by atoms with Crippen molar-refractivity contribution in [3.05, 3.63) is 18.2 Å². The molecule has 0 bridgehead atoms. The van der Waals surface area contributed by atoms with E-state index in [1.165, 1.54) is 0 Å². The van der Waals surface area contributed by atoms with Crippen LogP contribution in [0.4, 0.5) is 10.5 Å². The van der Waals surface area contributed by atoms with Crippen LogP contribution in [0.25, 0.3) is 0 Å². The van der Waals surface area contributed by atoms with Gasteiger partial charge in [0, 0.05) is 11.8 Å². The molecule has 1 fully saturated rings. The van der Waals surface area contributed by atoms with E-state index in [0.717, 1.165) is 38.5 Å². The van der Waals surface area contributed by atoms with Gasteiger partial charge in [0.1, 0.15) is 0 Å². The summed E-state index contributed by atoms with van der Waals surface area (Å²) in [6.45, 7) is 4.98. The second-order valence-electron chi connectivity index (χ2n) is 7.31. The number of hydrogen-bond donors (Lipinski definition) is 3. The minimum atomic E-state index is -0.467. The summed E-state index contributed by atoms with van der Waals surface area (Å²) in [4.78, 5) is 12.2. The Bertz CT molecular complexity index is 577.